The lowest BCUT2D eigenvalue weighted by atomic mass is 9.85. The van der Waals surface area contributed by atoms with E-state index in [1.165, 1.54) is 7.11 Å². The van der Waals surface area contributed by atoms with E-state index < -0.39 is 6.04 Å². The van der Waals surface area contributed by atoms with Gasteiger partial charge < -0.3 is 15.2 Å². The minimum Gasteiger partial charge on any atom is -0.504 e. The van der Waals surface area contributed by atoms with Gasteiger partial charge in [0, 0.05) is 24.1 Å². The third kappa shape index (κ3) is 3.90. The Morgan fingerprint density at radius 2 is 2.03 bits per heavy atom. The van der Waals surface area contributed by atoms with Gasteiger partial charge in [0.1, 0.15) is 0 Å². The predicted molar refractivity (Wildman–Crippen MR) is 120 cm³/mol. The number of anilines is 2. The van der Waals surface area contributed by atoms with Crippen LogP contribution in [0.3, 0.4) is 0 Å². The van der Waals surface area contributed by atoms with Crippen LogP contribution < -0.4 is 15.0 Å². The first-order chi connectivity index (χ1) is 15.0. The van der Waals surface area contributed by atoms with Gasteiger partial charge in [0.05, 0.1) is 24.5 Å². The Kier molecular flexibility index (Phi) is 5.98. The maximum atomic E-state index is 13.5. The van der Waals surface area contributed by atoms with Crippen molar-refractivity contribution in [3.63, 3.8) is 0 Å². The number of phenols is 1. The lowest BCUT2D eigenvalue weighted by Gasteiger charge is -2.34. The van der Waals surface area contributed by atoms with Crippen LogP contribution in [0.4, 0.5) is 11.4 Å². The van der Waals surface area contributed by atoms with Crippen molar-refractivity contribution in [2.45, 2.75) is 51.5 Å². The third-order valence-corrected chi connectivity index (χ3v) is 5.97. The van der Waals surface area contributed by atoms with Gasteiger partial charge in [-0.05, 0) is 49.1 Å². The summed E-state index contributed by atoms with van der Waals surface area (Å²) in [4.78, 5) is 28.5. The average Bonchev–Trinajstić information content (AvgIpc) is 2.93. The van der Waals surface area contributed by atoms with E-state index in [-0.39, 0.29) is 17.4 Å². The molecule has 0 spiro atoms. The number of Topliss-reactive ketones (excluding diaryl/α,β-unsaturated/α-hetero) is 1. The SMILES string of the molecule is CCCCC(=O)N1c2ccccc2NC2=C(C(=O)CCC2)[C@@H]1c1ccc(O)c(OC)c1. The molecule has 2 aromatic carbocycles. The van der Waals surface area contributed by atoms with Crippen LogP contribution in [0.5, 0.6) is 11.5 Å². The molecule has 2 aliphatic rings. The number of phenolic OH excluding ortho intramolecular Hbond substituents is 1. The summed E-state index contributed by atoms with van der Waals surface area (Å²) in [5, 5.41) is 13.6. The van der Waals surface area contributed by atoms with E-state index in [2.05, 4.69) is 12.2 Å². The Labute approximate surface area is 182 Å². The zero-order valence-corrected chi connectivity index (χ0v) is 18.0. The molecule has 0 saturated heterocycles. The monoisotopic (exact) mass is 420 g/mol. The van der Waals surface area contributed by atoms with E-state index >= 15 is 0 Å². The molecule has 0 unspecified atom stereocenters. The van der Waals surface area contributed by atoms with Gasteiger partial charge >= 0.3 is 0 Å². The first-order valence-corrected chi connectivity index (χ1v) is 10.9. The molecule has 0 bridgehead atoms. The summed E-state index contributed by atoms with van der Waals surface area (Å²) >= 11 is 0. The third-order valence-electron chi connectivity index (χ3n) is 5.97. The normalized spacial score (nSPS) is 18.1. The second-order valence-electron chi connectivity index (χ2n) is 8.01. The summed E-state index contributed by atoms with van der Waals surface area (Å²) in [5.74, 6) is 0.355. The first-order valence-electron chi connectivity index (χ1n) is 10.9. The number of carbonyl (C=O) groups is 2. The Balaban J connectivity index is 1.96. The summed E-state index contributed by atoms with van der Waals surface area (Å²) < 4.78 is 5.33. The molecule has 6 nitrogen and oxygen atoms in total. The van der Waals surface area contributed by atoms with Crippen LogP contribution >= 0.6 is 0 Å². The van der Waals surface area contributed by atoms with Crippen LogP contribution in [0.25, 0.3) is 0 Å². The Morgan fingerprint density at radius 1 is 1.23 bits per heavy atom. The number of carbonyl (C=O) groups excluding carboxylic acids is 2. The number of allylic oxidation sites excluding steroid dienone is 1. The number of ketones is 1. The molecule has 0 fully saturated rings. The summed E-state index contributed by atoms with van der Waals surface area (Å²) in [6.45, 7) is 2.05. The van der Waals surface area contributed by atoms with E-state index in [4.69, 9.17) is 4.74 Å². The van der Waals surface area contributed by atoms with Gasteiger partial charge in [0.2, 0.25) is 5.91 Å². The number of rotatable bonds is 5. The lowest BCUT2D eigenvalue weighted by Crippen LogP contribution is -2.38. The van der Waals surface area contributed by atoms with E-state index in [0.717, 1.165) is 48.3 Å². The molecular formula is C25H28N2O4. The van der Waals surface area contributed by atoms with Crippen LogP contribution in [0, 0.1) is 0 Å². The number of fused-ring (bicyclic) bond motifs is 1. The highest BCUT2D eigenvalue weighted by atomic mass is 16.5. The van der Waals surface area contributed by atoms with Crippen LogP contribution in [-0.2, 0) is 9.59 Å². The van der Waals surface area contributed by atoms with E-state index in [1.807, 2.05) is 24.3 Å². The van der Waals surface area contributed by atoms with Gasteiger partial charge in [-0.25, -0.2) is 0 Å². The van der Waals surface area contributed by atoms with Gasteiger partial charge in [-0.1, -0.05) is 31.5 Å². The van der Waals surface area contributed by atoms with Gasteiger partial charge in [-0.2, -0.15) is 0 Å². The fourth-order valence-corrected chi connectivity index (χ4v) is 4.44. The number of methoxy groups -OCH3 is 1. The number of aromatic hydroxyl groups is 1. The molecule has 1 aliphatic carbocycles. The van der Waals surface area contributed by atoms with Crippen LogP contribution in [0.1, 0.15) is 57.1 Å². The van der Waals surface area contributed by atoms with Crippen molar-refractivity contribution in [3.8, 4) is 11.5 Å². The predicted octanol–water partition coefficient (Wildman–Crippen LogP) is 5.10. The quantitative estimate of drug-likeness (QED) is 0.704. The molecule has 2 N–H and O–H groups in total. The molecule has 162 valence electrons. The van der Waals surface area contributed by atoms with Crippen molar-refractivity contribution in [2.24, 2.45) is 0 Å². The smallest absolute Gasteiger partial charge is 0.227 e. The maximum absolute atomic E-state index is 13.5. The maximum Gasteiger partial charge on any atom is 0.227 e. The summed E-state index contributed by atoms with van der Waals surface area (Å²) in [6, 6.07) is 12.2. The lowest BCUT2D eigenvalue weighted by molar-refractivity contribution is -0.119. The molecule has 0 aromatic heterocycles. The van der Waals surface area contributed by atoms with E-state index in [9.17, 15) is 14.7 Å². The van der Waals surface area contributed by atoms with Gasteiger partial charge in [0.25, 0.3) is 0 Å². The number of hydrogen-bond donors (Lipinski definition) is 2. The van der Waals surface area contributed by atoms with Crippen LogP contribution in [0.2, 0.25) is 0 Å². The average molecular weight is 421 g/mol. The topological polar surface area (TPSA) is 78.9 Å². The molecule has 1 atom stereocenters. The van der Waals surface area contributed by atoms with Crippen molar-refractivity contribution >= 4 is 23.1 Å². The fourth-order valence-electron chi connectivity index (χ4n) is 4.44. The van der Waals surface area contributed by atoms with Crippen molar-refractivity contribution in [1.82, 2.24) is 0 Å². The van der Waals surface area contributed by atoms with Crippen molar-refractivity contribution in [3.05, 3.63) is 59.3 Å². The van der Waals surface area contributed by atoms with Gasteiger partial charge in [0.15, 0.2) is 17.3 Å². The Morgan fingerprint density at radius 3 is 2.81 bits per heavy atom. The number of nitrogens with zero attached hydrogens (tertiary/aromatic N) is 1. The van der Waals surface area contributed by atoms with E-state index in [0.29, 0.717) is 24.2 Å². The van der Waals surface area contributed by atoms with Crippen molar-refractivity contribution < 1.29 is 19.4 Å². The second-order valence-corrected chi connectivity index (χ2v) is 8.01. The summed E-state index contributed by atoms with van der Waals surface area (Å²) in [6.07, 6.45) is 4.06. The highest BCUT2D eigenvalue weighted by Crippen LogP contribution is 2.46. The highest BCUT2D eigenvalue weighted by molar-refractivity contribution is 6.06. The zero-order chi connectivity index (χ0) is 22.0. The molecule has 2 aromatic rings. The highest BCUT2D eigenvalue weighted by Gasteiger charge is 2.39. The standard InChI is InChI=1S/C25H28N2O4/c1-3-4-12-23(30)27-19-10-6-5-8-17(19)26-18-9-7-11-21(29)24(18)25(27)16-13-14-20(28)22(15-16)31-2/h5-6,8,10,13-15,25-26,28H,3-4,7,9,11-12H2,1-2H3/t25-/m0/s1. The Hall–Kier alpha value is -3.28. The number of hydrogen-bond acceptors (Lipinski definition) is 5. The van der Waals surface area contributed by atoms with Gasteiger partial charge in [-0.3, -0.25) is 14.5 Å². The summed E-state index contributed by atoms with van der Waals surface area (Å²) in [7, 11) is 1.49. The minimum atomic E-state index is -0.585. The first kappa shape index (κ1) is 21.0. The van der Waals surface area contributed by atoms with Gasteiger partial charge in [-0.15, -0.1) is 0 Å². The van der Waals surface area contributed by atoms with Crippen molar-refractivity contribution in [2.75, 3.05) is 17.3 Å². The van der Waals surface area contributed by atoms with E-state index in [1.54, 1.807) is 23.1 Å². The largest absolute Gasteiger partial charge is 0.504 e. The summed E-state index contributed by atoms with van der Waals surface area (Å²) in [5.41, 5.74) is 3.80. The molecule has 1 amide bonds. The molecule has 0 saturated carbocycles. The fraction of sp³-hybridized carbons (Fsp3) is 0.360. The number of benzene rings is 2. The Bertz CT molecular complexity index is 1040. The van der Waals surface area contributed by atoms with Crippen LogP contribution in [-0.4, -0.2) is 23.9 Å². The molecule has 6 heteroatoms. The molecule has 0 radical (unpaired) electrons. The number of unbranched alkanes of at least 4 members (excludes halogenated alkanes) is 1. The number of ether oxygens (including phenoxy) is 1. The molecule has 4 rings (SSSR count). The molecular weight excluding hydrogens is 392 g/mol. The molecule has 1 heterocycles. The van der Waals surface area contributed by atoms with Crippen LogP contribution in [0.15, 0.2) is 53.7 Å². The minimum absolute atomic E-state index is 0.0198. The second kappa shape index (κ2) is 8.84. The number of para-hydroxylation sites is 2. The number of amides is 1. The number of nitrogens with one attached hydrogen (secondary N) is 1. The van der Waals surface area contributed by atoms with Crippen molar-refractivity contribution in [1.29, 1.82) is 0 Å². The molecule has 1 aliphatic heterocycles. The zero-order valence-electron chi connectivity index (χ0n) is 18.0. The molecule has 31 heavy (non-hydrogen) atoms.